The minimum atomic E-state index is 0.708. The van der Waals surface area contributed by atoms with Crippen molar-refractivity contribution in [2.24, 2.45) is 0 Å². The highest BCUT2D eigenvalue weighted by atomic mass is 35.5. The summed E-state index contributed by atoms with van der Waals surface area (Å²) in [7, 11) is 0. The summed E-state index contributed by atoms with van der Waals surface area (Å²) >= 11 is 5.86. The normalized spacial score (nSPS) is 10.7. The Morgan fingerprint density at radius 3 is 3.18 bits per heavy atom. The Morgan fingerprint density at radius 2 is 2.36 bits per heavy atom. The molecule has 0 unspecified atom stereocenters. The van der Waals surface area contributed by atoms with E-state index in [0.717, 1.165) is 16.7 Å². The Balaban J connectivity index is 2.86. The van der Waals surface area contributed by atoms with Crippen molar-refractivity contribution in [3.8, 4) is 0 Å². The van der Waals surface area contributed by atoms with Gasteiger partial charge in [-0.05, 0) is 19.1 Å². The number of aromatic amines is 1. The molecule has 0 radical (unpaired) electrons. The predicted octanol–water partition coefficient (Wildman–Crippen LogP) is 2.52. The molecule has 11 heavy (non-hydrogen) atoms. The Bertz CT molecular complexity index is 356. The van der Waals surface area contributed by atoms with Gasteiger partial charge in [-0.1, -0.05) is 11.6 Å². The van der Waals surface area contributed by atoms with Crippen LogP contribution in [0.4, 0.5) is 0 Å². The van der Waals surface area contributed by atoms with Crippen molar-refractivity contribution < 1.29 is 0 Å². The van der Waals surface area contributed by atoms with Gasteiger partial charge in [0.2, 0.25) is 0 Å². The van der Waals surface area contributed by atoms with Crippen molar-refractivity contribution in [2.45, 2.75) is 6.92 Å². The van der Waals surface area contributed by atoms with Crippen molar-refractivity contribution in [3.05, 3.63) is 29.0 Å². The zero-order valence-electron chi connectivity index (χ0n) is 6.06. The number of nitrogens with one attached hydrogen (secondary N) is 1. The molecule has 2 rings (SSSR count). The second-order valence-corrected chi connectivity index (χ2v) is 2.87. The van der Waals surface area contributed by atoms with Gasteiger partial charge in [-0.25, -0.2) is 4.98 Å². The Morgan fingerprint density at radius 1 is 1.55 bits per heavy atom. The van der Waals surface area contributed by atoms with Crippen LogP contribution in [0.25, 0.3) is 11.0 Å². The fourth-order valence-electron chi connectivity index (χ4n) is 1.05. The quantitative estimate of drug-likeness (QED) is 0.640. The van der Waals surface area contributed by atoms with E-state index in [4.69, 9.17) is 11.6 Å². The fraction of sp³-hybridized carbons (Fsp3) is 0.125. The number of fused-ring (bicyclic) bond motifs is 1. The fourth-order valence-corrected chi connectivity index (χ4v) is 1.20. The maximum atomic E-state index is 5.86. The lowest BCUT2D eigenvalue weighted by Crippen LogP contribution is -1.81. The van der Waals surface area contributed by atoms with Crippen molar-refractivity contribution >= 4 is 22.6 Å². The molecule has 0 saturated heterocycles. The van der Waals surface area contributed by atoms with Crippen LogP contribution in [-0.2, 0) is 0 Å². The van der Waals surface area contributed by atoms with Crippen LogP contribution in [-0.4, -0.2) is 9.97 Å². The summed E-state index contributed by atoms with van der Waals surface area (Å²) in [6.07, 6.45) is 1.85. The van der Waals surface area contributed by atoms with Gasteiger partial charge in [0.1, 0.15) is 0 Å². The molecule has 1 N–H and O–H groups in total. The molecule has 0 aliphatic rings. The highest BCUT2D eigenvalue weighted by molar-refractivity contribution is 6.31. The zero-order chi connectivity index (χ0) is 7.84. The number of pyridine rings is 1. The van der Waals surface area contributed by atoms with Gasteiger partial charge in [-0.2, -0.15) is 0 Å². The summed E-state index contributed by atoms with van der Waals surface area (Å²) in [6, 6.07) is 3.82. The van der Waals surface area contributed by atoms with Crippen molar-refractivity contribution in [1.29, 1.82) is 0 Å². The van der Waals surface area contributed by atoms with Crippen molar-refractivity contribution in [3.63, 3.8) is 0 Å². The Labute approximate surface area is 69.2 Å². The molecule has 2 heterocycles. The molecule has 0 amide bonds. The first-order chi connectivity index (χ1) is 5.27. The maximum absolute atomic E-state index is 5.86. The molecule has 3 heteroatoms. The first kappa shape index (κ1) is 6.68. The topological polar surface area (TPSA) is 28.7 Å². The van der Waals surface area contributed by atoms with Gasteiger partial charge in [0.15, 0.2) is 0 Å². The molecular formula is C8H7ClN2. The van der Waals surface area contributed by atoms with Crippen molar-refractivity contribution in [1.82, 2.24) is 9.97 Å². The van der Waals surface area contributed by atoms with E-state index in [-0.39, 0.29) is 0 Å². The maximum Gasteiger partial charge on any atom is 0.0883 e. The summed E-state index contributed by atoms with van der Waals surface area (Å²) in [5.41, 5.74) is 2.83. The SMILES string of the molecule is Cc1nc2cc[nH]c2cc1Cl. The summed E-state index contributed by atoms with van der Waals surface area (Å²) in [5.74, 6) is 0. The molecule has 2 nitrogen and oxygen atoms in total. The average molecular weight is 167 g/mol. The van der Waals surface area contributed by atoms with Crippen LogP contribution in [0.2, 0.25) is 5.02 Å². The molecule has 56 valence electrons. The van der Waals surface area contributed by atoms with E-state index in [2.05, 4.69) is 9.97 Å². The van der Waals surface area contributed by atoms with Crippen molar-refractivity contribution in [2.75, 3.05) is 0 Å². The van der Waals surface area contributed by atoms with Gasteiger partial charge in [0.05, 0.1) is 21.7 Å². The standard InChI is InChI=1S/C8H7ClN2/c1-5-6(9)4-8-7(11-5)2-3-10-8/h2-4,10H,1H3. The molecule has 2 aromatic rings. The van der Waals surface area contributed by atoms with Gasteiger partial charge in [0, 0.05) is 6.20 Å². The van der Waals surface area contributed by atoms with Crippen LogP contribution < -0.4 is 0 Å². The summed E-state index contributed by atoms with van der Waals surface area (Å²) < 4.78 is 0. The van der Waals surface area contributed by atoms with Crippen LogP contribution >= 0.6 is 11.6 Å². The van der Waals surface area contributed by atoms with Gasteiger partial charge >= 0.3 is 0 Å². The van der Waals surface area contributed by atoms with E-state index in [1.165, 1.54) is 0 Å². The van der Waals surface area contributed by atoms with Crippen LogP contribution in [0.3, 0.4) is 0 Å². The number of rotatable bonds is 0. The van der Waals surface area contributed by atoms with Gasteiger partial charge < -0.3 is 4.98 Å². The summed E-state index contributed by atoms with van der Waals surface area (Å²) in [4.78, 5) is 7.31. The minimum Gasteiger partial charge on any atom is -0.360 e. The number of hydrogen-bond donors (Lipinski definition) is 1. The molecule has 0 bridgehead atoms. The second kappa shape index (κ2) is 2.24. The number of nitrogens with zero attached hydrogens (tertiary/aromatic N) is 1. The third-order valence-electron chi connectivity index (χ3n) is 1.66. The largest absolute Gasteiger partial charge is 0.360 e. The number of halogens is 1. The lowest BCUT2D eigenvalue weighted by Gasteiger charge is -1.95. The lowest BCUT2D eigenvalue weighted by atomic mass is 10.3. The van der Waals surface area contributed by atoms with Gasteiger partial charge in [0.25, 0.3) is 0 Å². The zero-order valence-corrected chi connectivity index (χ0v) is 6.81. The third kappa shape index (κ3) is 0.994. The molecule has 0 fully saturated rings. The molecule has 0 aliphatic carbocycles. The van der Waals surface area contributed by atoms with Gasteiger partial charge in [-0.3, -0.25) is 0 Å². The predicted molar refractivity (Wildman–Crippen MR) is 45.8 cm³/mol. The van der Waals surface area contributed by atoms with E-state index in [9.17, 15) is 0 Å². The first-order valence-corrected chi connectivity index (χ1v) is 3.75. The summed E-state index contributed by atoms with van der Waals surface area (Å²) in [5, 5.41) is 0.708. The monoisotopic (exact) mass is 166 g/mol. The Hall–Kier alpha value is -1.02. The van der Waals surface area contributed by atoms with E-state index in [1.807, 2.05) is 25.3 Å². The second-order valence-electron chi connectivity index (χ2n) is 2.47. The number of H-pyrrole nitrogens is 1. The lowest BCUT2D eigenvalue weighted by molar-refractivity contribution is 1.26. The third-order valence-corrected chi connectivity index (χ3v) is 2.04. The first-order valence-electron chi connectivity index (χ1n) is 3.37. The summed E-state index contributed by atoms with van der Waals surface area (Å²) in [6.45, 7) is 1.90. The van der Waals surface area contributed by atoms with E-state index >= 15 is 0 Å². The highest BCUT2D eigenvalue weighted by Crippen LogP contribution is 2.18. The molecule has 0 atom stereocenters. The van der Waals surface area contributed by atoms with Gasteiger partial charge in [-0.15, -0.1) is 0 Å². The number of aromatic nitrogens is 2. The smallest absolute Gasteiger partial charge is 0.0883 e. The molecule has 0 aliphatic heterocycles. The van der Waals surface area contributed by atoms with Crippen LogP contribution in [0.1, 0.15) is 5.69 Å². The van der Waals surface area contributed by atoms with Crippen LogP contribution in [0.15, 0.2) is 18.3 Å². The number of aryl methyl sites for hydroxylation is 1. The Kier molecular flexibility index (Phi) is 1.36. The van der Waals surface area contributed by atoms with E-state index < -0.39 is 0 Å². The van der Waals surface area contributed by atoms with E-state index in [0.29, 0.717) is 5.02 Å². The van der Waals surface area contributed by atoms with Crippen LogP contribution in [0.5, 0.6) is 0 Å². The minimum absolute atomic E-state index is 0.708. The van der Waals surface area contributed by atoms with E-state index in [1.54, 1.807) is 0 Å². The molecule has 0 spiro atoms. The molecular weight excluding hydrogens is 160 g/mol. The van der Waals surface area contributed by atoms with Crippen LogP contribution in [0, 0.1) is 6.92 Å². The molecule has 0 saturated carbocycles. The highest BCUT2D eigenvalue weighted by Gasteiger charge is 1.99. The average Bonchev–Trinajstić information content (AvgIpc) is 2.36. The molecule has 0 aromatic carbocycles. The number of hydrogen-bond acceptors (Lipinski definition) is 1. The molecule has 2 aromatic heterocycles.